The lowest BCUT2D eigenvalue weighted by molar-refractivity contribution is 0.140. The number of rotatable bonds is 5. The van der Waals surface area contributed by atoms with Gasteiger partial charge in [-0.15, -0.1) is 24.8 Å². The summed E-state index contributed by atoms with van der Waals surface area (Å²) < 4.78 is 6.62. The summed E-state index contributed by atoms with van der Waals surface area (Å²) in [4.78, 5) is 2.55. The maximum absolute atomic E-state index is 5.79. The average Bonchev–Trinajstić information content (AvgIpc) is 2.77. The largest absolute Gasteiger partial charge is 0.453 e. The number of nitrogens with one attached hydrogen (secondary N) is 1. The van der Waals surface area contributed by atoms with Gasteiger partial charge in [0, 0.05) is 26.2 Å². The summed E-state index contributed by atoms with van der Waals surface area (Å²) in [6.07, 6.45) is 2.42. The first-order chi connectivity index (χ1) is 8.66. The van der Waals surface area contributed by atoms with Crippen LogP contribution in [0.3, 0.4) is 0 Å². The van der Waals surface area contributed by atoms with Crippen LogP contribution < -0.4 is 5.32 Å². The lowest BCUT2D eigenvalue weighted by Gasteiger charge is -2.34. The molecule has 1 fully saturated rings. The Labute approximate surface area is 142 Å². The van der Waals surface area contributed by atoms with Gasteiger partial charge in [0.25, 0.3) is 0 Å². The predicted molar refractivity (Wildman–Crippen MR) is 92.2 cm³/mol. The molecule has 0 unspecified atom stereocenters. The highest BCUT2D eigenvalue weighted by molar-refractivity contribution is 9.10. The van der Waals surface area contributed by atoms with E-state index in [1.807, 2.05) is 6.07 Å². The van der Waals surface area contributed by atoms with Gasteiger partial charge < -0.3 is 9.73 Å². The third-order valence-corrected chi connectivity index (χ3v) is 3.96. The summed E-state index contributed by atoms with van der Waals surface area (Å²) in [5.74, 6) is 1.85. The van der Waals surface area contributed by atoms with Crippen LogP contribution in [0.4, 0.5) is 0 Å². The van der Waals surface area contributed by atoms with Gasteiger partial charge >= 0.3 is 0 Å². The topological polar surface area (TPSA) is 28.4 Å². The molecule has 3 nitrogen and oxygen atoms in total. The normalized spacial score (nSPS) is 17.4. The van der Waals surface area contributed by atoms with Crippen molar-refractivity contribution >= 4 is 40.7 Å². The van der Waals surface area contributed by atoms with Crippen molar-refractivity contribution in [3.05, 3.63) is 22.6 Å². The zero-order valence-corrected chi connectivity index (χ0v) is 15.3. The Morgan fingerprint density at radius 3 is 2.35 bits per heavy atom. The summed E-state index contributed by atoms with van der Waals surface area (Å²) in [6, 6.07) is 4.54. The van der Waals surface area contributed by atoms with Gasteiger partial charge in [0.05, 0.1) is 6.04 Å². The predicted octanol–water partition coefficient (Wildman–Crippen LogP) is 4.27. The van der Waals surface area contributed by atoms with Gasteiger partial charge in [0.15, 0.2) is 4.67 Å². The van der Waals surface area contributed by atoms with Gasteiger partial charge in [-0.25, -0.2) is 0 Å². The number of halogens is 3. The van der Waals surface area contributed by atoms with E-state index < -0.39 is 0 Å². The van der Waals surface area contributed by atoms with Crippen LogP contribution in [0, 0.1) is 5.92 Å². The number of furan rings is 1. The van der Waals surface area contributed by atoms with Crippen molar-refractivity contribution in [3.8, 4) is 0 Å². The fourth-order valence-corrected chi connectivity index (χ4v) is 2.82. The monoisotopic (exact) mass is 386 g/mol. The molecule has 1 N–H and O–H groups in total. The van der Waals surface area contributed by atoms with Crippen molar-refractivity contribution in [2.24, 2.45) is 5.92 Å². The molecule has 0 bridgehead atoms. The second-order valence-corrected chi connectivity index (χ2v) is 6.20. The van der Waals surface area contributed by atoms with E-state index in [2.05, 4.69) is 46.1 Å². The third-order valence-electron chi connectivity index (χ3n) is 3.53. The summed E-state index contributed by atoms with van der Waals surface area (Å²) >= 11 is 3.41. The van der Waals surface area contributed by atoms with Crippen molar-refractivity contribution in [1.29, 1.82) is 0 Å². The minimum Gasteiger partial charge on any atom is -0.453 e. The van der Waals surface area contributed by atoms with Crippen molar-refractivity contribution < 1.29 is 4.42 Å². The number of hydrogen-bond donors (Lipinski definition) is 1. The maximum atomic E-state index is 5.79. The van der Waals surface area contributed by atoms with E-state index in [0.29, 0.717) is 6.04 Å². The first-order valence-corrected chi connectivity index (χ1v) is 7.66. The Morgan fingerprint density at radius 2 is 1.85 bits per heavy atom. The Balaban J connectivity index is 0.00000180. The highest BCUT2D eigenvalue weighted by Gasteiger charge is 2.24. The number of hydrogen-bond acceptors (Lipinski definition) is 3. The Morgan fingerprint density at radius 1 is 1.20 bits per heavy atom. The van der Waals surface area contributed by atoms with E-state index in [4.69, 9.17) is 4.42 Å². The van der Waals surface area contributed by atoms with Crippen LogP contribution in [-0.4, -0.2) is 31.1 Å². The molecule has 2 heterocycles. The fraction of sp³-hybridized carbons (Fsp3) is 0.714. The fourth-order valence-electron chi connectivity index (χ4n) is 2.50. The first-order valence-electron chi connectivity index (χ1n) is 6.87. The van der Waals surface area contributed by atoms with E-state index >= 15 is 0 Å². The zero-order chi connectivity index (χ0) is 13.0. The van der Waals surface area contributed by atoms with Crippen LogP contribution in [0.2, 0.25) is 0 Å². The number of nitrogens with zero attached hydrogens (tertiary/aromatic N) is 1. The summed E-state index contributed by atoms with van der Waals surface area (Å²) in [5.41, 5.74) is 0. The molecule has 0 aliphatic carbocycles. The molecule has 2 rings (SSSR count). The molecule has 0 radical (unpaired) electrons. The van der Waals surface area contributed by atoms with Crippen molar-refractivity contribution in [2.75, 3.05) is 26.2 Å². The third kappa shape index (κ3) is 5.94. The first kappa shape index (κ1) is 20.3. The second-order valence-electron chi connectivity index (χ2n) is 5.41. The molecular weight excluding hydrogens is 363 g/mol. The molecule has 0 spiro atoms. The molecule has 118 valence electrons. The van der Waals surface area contributed by atoms with Gasteiger partial charge in [0.1, 0.15) is 5.76 Å². The minimum absolute atomic E-state index is 0. The van der Waals surface area contributed by atoms with Crippen molar-refractivity contribution in [2.45, 2.75) is 32.7 Å². The van der Waals surface area contributed by atoms with Crippen LogP contribution in [-0.2, 0) is 0 Å². The van der Waals surface area contributed by atoms with Gasteiger partial charge in [0.2, 0.25) is 0 Å². The summed E-state index contributed by atoms with van der Waals surface area (Å²) in [7, 11) is 0. The summed E-state index contributed by atoms with van der Waals surface area (Å²) in [5, 5.41) is 3.41. The van der Waals surface area contributed by atoms with E-state index in [0.717, 1.165) is 42.5 Å². The molecule has 1 saturated heterocycles. The van der Waals surface area contributed by atoms with Crippen LogP contribution in [0.1, 0.15) is 38.5 Å². The average molecular weight is 388 g/mol. The van der Waals surface area contributed by atoms with Gasteiger partial charge in [-0.3, -0.25) is 4.90 Å². The smallest absolute Gasteiger partial charge is 0.169 e. The second kappa shape index (κ2) is 10.1. The molecule has 0 amide bonds. The Bertz CT molecular complexity index is 368. The molecule has 1 aromatic rings. The van der Waals surface area contributed by atoms with Crippen LogP contribution >= 0.6 is 40.7 Å². The summed E-state index contributed by atoms with van der Waals surface area (Å²) in [6.45, 7) is 8.96. The van der Waals surface area contributed by atoms with Crippen molar-refractivity contribution in [1.82, 2.24) is 10.2 Å². The van der Waals surface area contributed by atoms with Crippen LogP contribution in [0.15, 0.2) is 21.2 Å². The van der Waals surface area contributed by atoms with Gasteiger partial charge in [-0.1, -0.05) is 13.8 Å². The molecule has 1 aliphatic heterocycles. The maximum Gasteiger partial charge on any atom is 0.169 e. The van der Waals surface area contributed by atoms with Gasteiger partial charge in [-0.2, -0.15) is 0 Å². The molecule has 1 atom stereocenters. The molecule has 1 aromatic heterocycles. The lowest BCUT2D eigenvalue weighted by atomic mass is 10.00. The lowest BCUT2D eigenvalue weighted by Crippen LogP contribution is -2.45. The Hall–Kier alpha value is 0.260. The van der Waals surface area contributed by atoms with Crippen LogP contribution in [0.5, 0.6) is 0 Å². The van der Waals surface area contributed by atoms with Crippen molar-refractivity contribution in [3.63, 3.8) is 0 Å². The minimum atomic E-state index is 0. The Kier molecular flexibility index (Phi) is 10.2. The SMILES string of the molecule is CC(C)CC[C@H](c1ccc(Br)o1)N1CCNCC1.Cl.Cl. The van der Waals surface area contributed by atoms with E-state index in [-0.39, 0.29) is 24.8 Å². The molecule has 0 aromatic carbocycles. The van der Waals surface area contributed by atoms with E-state index in [1.165, 1.54) is 12.8 Å². The highest BCUT2D eigenvalue weighted by atomic mass is 79.9. The highest BCUT2D eigenvalue weighted by Crippen LogP contribution is 2.30. The molecule has 20 heavy (non-hydrogen) atoms. The molecular formula is C14H25BrCl2N2O. The van der Waals surface area contributed by atoms with E-state index in [9.17, 15) is 0 Å². The quantitative estimate of drug-likeness (QED) is 0.817. The molecule has 6 heteroatoms. The molecule has 1 aliphatic rings. The zero-order valence-electron chi connectivity index (χ0n) is 12.1. The number of piperazine rings is 1. The van der Waals surface area contributed by atoms with Crippen LogP contribution in [0.25, 0.3) is 0 Å². The van der Waals surface area contributed by atoms with E-state index in [1.54, 1.807) is 0 Å². The van der Waals surface area contributed by atoms with Gasteiger partial charge in [-0.05, 0) is 46.8 Å². The molecule has 0 saturated carbocycles. The standard InChI is InChI=1S/C14H23BrN2O.2ClH/c1-11(2)3-4-12(13-5-6-14(15)18-13)17-9-7-16-8-10-17;;/h5-6,11-12,16H,3-4,7-10H2,1-2H3;2*1H/t12-;;/m1../s1.